The van der Waals surface area contributed by atoms with Gasteiger partial charge in [0.05, 0.1) is 5.69 Å². The van der Waals surface area contributed by atoms with Crippen LogP contribution in [0.3, 0.4) is 0 Å². The number of pyridine rings is 1. The number of carbonyl (C=O) groups is 1. The Morgan fingerprint density at radius 2 is 1.63 bits per heavy atom. The first-order valence-electron chi connectivity index (χ1n) is 9.57. The van der Waals surface area contributed by atoms with E-state index in [1.807, 2.05) is 74.5 Å². The van der Waals surface area contributed by atoms with Crippen molar-refractivity contribution in [1.82, 2.24) is 15.0 Å². The number of hydrogen-bond donors (Lipinski definition) is 2. The van der Waals surface area contributed by atoms with E-state index in [-0.39, 0.29) is 5.91 Å². The summed E-state index contributed by atoms with van der Waals surface area (Å²) in [7, 11) is 0. The van der Waals surface area contributed by atoms with Crippen LogP contribution in [0.5, 0.6) is 0 Å². The van der Waals surface area contributed by atoms with Gasteiger partial charge < -0.3 is 10.6 Å². The number of nitrogens with one attached hydrogen (secondary N) is 2. The van der Waals surface area contributed by atoms with Crippen LogP contribution in [-0.2, 0) is 0 Å². The van der Waals surface area contributed by atoms with Crippen molar-refractivity contribution in [2.24, 2.45) is 0 Å². The first-order valence-corrected chi connectivity index (χ1v) is 9.57. The highest BCUT2D eigenvalue weighted by atomic mass is 16.1. The summed E-state index contributed by atoms with van der Waals surface area (Å²) >= 11 is 0. The third-order valence-corrected chi connectivity index (χ3v) is 4.69. The Morgan fingerprint density at radius 3 is 2.40 bits per heavy atom. The Morgan fingerprint density at radius 1 is 0.867 bits per heavy atom. The molecule has 148 valence electrons. The molecule has 0 atom stereocenters. The second-order valence-electron chi connectivity index (χ2n) is 6.98. The molecule has 6 nitrogen and oxygen atoms in total. The van der Waals surface area contributed by atoms with Gasteiger partial charge in [-0.05, 0) is 61.9 Å². The number of anilines is 3. The third kappa shape index (κ3) is 4.50. The predicted molar refractivity (Wildman–Crippen MR) is 119 cm³/mol. The van der Waals surface area contributed by atoms with E-state index in [0.29, 0.717) is 17.2 Å². The van der Waals surface area contributed by atoms with Crippen LogP contribution in [0, 0.1) is 13.8 Å². The number of amides is 1. The summed E-state index contributed by atoms with van der Waals surface area (Å²) in [6.45, 7) is 3.98. The molecule has 2 aromatic heterocycles. The monoisotopic (exact) mass is 395 g/mol. The number of aryl methyl sites for hydroxylation is 2. The Balaban J connectivity index is 1.54. The fourth-order valence-electron chi connectivity index (χ4n) is 2.97. The Kier molecular flexibility index (Phi) is 5.48. The number of nitrogens with zero attached hydrogens (tertiary/aromatic N) is 3. The van der Waals surface area contributed by atoms with Crippen LogP contribution in [0.2, 0.25) is 0 Å². The van der Waals surface area contributed by atoms with Crippen molar-refractivity contribution < 1.29 is 4.79 Å². The molecule has 0 radical (unpaired) electrons. The third-order valence-electron chi connectivity index (χ3n) is 4.69. The SMILES string of the molecule is Cc1ccc(C(=O)Nc2ccc(C)c(Nc3nccc(-c4ccncc4)n3)c2)cc1. The van der Waals surface area contributed by atoms with Crippen LogP contribution in [0.15, 0.2) is 79.3 Å². The first-order chi connectivity index (χ1) is 14.6. The zero-order valence-corrected chi connectivity index (χ0v) is 16.8. The normalized spacial score (nSPS) is 10.5. The number of benzene rings is 2. The van der Waals surface area contributed by atoms with Crippen LogP contribution < -0.4 is 10.6 Å². The molecule has 0 saturated carbocycles. The van der Waals surface area contributed by atoms with Gasteiger partial charge in [-0.2, -0.15) is 0 Å². The number of rotatable bonds is 5. The van der Waals surface area contributed by atoms with E-state index in [4.69, 9.17) is 0 Å². The van der Waals surface area contributed by atoms with Crippen LogP contribution >= 0.6 is 0 Å². The van der Waals surface area contributed by atoms with Crippen LogP contribution in [-0.4, -0.2) is 20.9 Å². The van der Waals surface area contributed by atoms with Gasteiger partial charge in [0.25, 0.3) is 5.91 Å². The minimum Gasteiger partial charge on any atom is -0.324 e. The highest BCUT2D eigenvalue weighted by molar-refractivity contribution is 6.04. The van der Waals surface area contributed by atoms with Crippen molar-refractivity contribution in [3.05, 3.63) is 95.9 Å². The highest BCUT2D eigenvalue weighted by Gasteiger charge is 2.09. The van der Waals surface area contributed by atoms with Gasteiger partial charge >= 0.3 is 0 Å². The molecule has 0 bridgehead atoms. The molecule has 0 saturated heterocycles. The van der Waals surface area contributed by atoms with Gasteiger partial charge in [-0.1, -0.05) is 23.8 Å². The van der Waals surface area contributed by atoms with Gasteiger partial charge in [-0.15, -0.1) is 0 Å². The summed E-state index contributed by atoms with van der Waals surface area (Å²) in [6, 6.07) is 18.8. The van der Waals surface area contributed by atoms with Crippen molar-refractivity contribution in [3.63, 3.8) is 0 Å². The van der Waals surface area contributed by atoms with E-state index in [0.717, 1.165) is 28.1 Å². The molecular weight excluding hydrogens is 374 g/mol. The van der Waals surface area contributed by atoms with Crippen LogP contribution in [0.25, 0.3) is 11.3 Å². The quantitative estimate of drug-likeness (QED) is 0.488. The second kappa shape index (κ2) is 8.53. The Hall–Kier alpha value is -4.06. The number of aromatic nitrogens is 3. The zero-order chi connectivity index (χ0) is 20.9. The maximum atomic E-state index is 12.5. The van der Waals surface area contributed by atoms with Gasteiger partial charge in [0, 0.05) is 41.1 Å². The zero-order valence-electron chi connectivity index (χ0n) is 16.8. The molecule has 0 aliphatic rings. The molecule has 0 fully saturated rings. The summed E-state index contributed by atoms with van der Waals surface area (Å²) < 4.78 is 0. The van der Waals surface area contributed by atoms with Gasteiger partial charge in [0.1, 0.15) is 0 Å². The smallest absolute Gasteiger partial charge is 0.255 e. The van der Waals surface area contributed by atoms with Crippen molar-refractivity contribution in [1.29, 1.82) is 0 Å². The highest BCUT2D eigenvalue weighted by Crippen LogP contribution is 2.24. The summed E-state index contributed by atoms with van der Waals surface area (Å²) in [5, 5.41) is 6.20. The van der Waals surface area contributed by atoms with Crippen molar-refractivity contribution >= 4 is 23.2 Å². The molecule has 0 spiro atoms. The molecule has 0 aliphatic heterocycles. The largest absolute Gasteiger partial charge is 0.324 e. The molecule has 30 heavy (non-hydrogen) atoms. The molecule has 0 unspecified atom stereocenters. The lowest BCUT2D eigenvalue weighted by atomic mass is 10.1. The number of hydrogen-bond acceptors (Lipinski definition) is 5. The lowest BCUT2D eigenvalue weighted by Crippen LogP contribution is -2.12. The van der Waals surface area contributed by atoms with E-state index in [1.54, 1.807) is 18.6 Å². The van der Waals surface area contributed by atoms with Crippen molar-refractivity contribution in [3.8, 4) is 11.3 Å². The predicted octanol–water partition coefficient (Wildman–Crippen LogP) is 5.15. The Labute approximate surface area is 175 Å². The summed E-state index contributed by atoms with van der Waals surface area (Å²) in [5.74, 6) is 0.329. The van der Waals surface area contributed by atoms with Crippen LogP contribution in [0.4, 0.5) is 17.3 Å². The molecule has 2 heterocycles. The summed E-state index contributed by atoms with van der Waals surface area (Å²) in [4.78, 5) is 25.5. The minimum absolute atomic E-state index is 0.152. The Bertz CT molecular complexity index is 1170. The lowest BCUT2D eigenvalue weighted by Gasteiger charge is -2.12. The molecule has 6 heteroatoms. The van der Waals surface area contributed by atoms with Crippen molar-refractivity contribution in [2.75, 3.05) is 10.6 Å². The van der Waals surface area contributed by atoms with Crippen molar-refractivity contribution in [2.45, 2.75) is 13.8 Å². The molecule has 1 amide bonds. The van der Waals surface area contributed by atoms with Gasteiger partial charge in [0.2, 0.25) is 5.95 Å². The lowest BCUT2D eigenvalue weighted by molar-refractivity contribution is 0.102. The molecule has 4 rings (SSSR count). The van der Waals surface area contributed by atoms with Crippen LogP contribution in [0.1, 0.15) is 21.5 Å². The number of carbonyl (C=O) groups excluding carboxylic acids is 1. The second-order valence-corrected chi connectivity index (χ2v) is 6.98. The minimum atomic E-state index is -0.152. The fraction of sp³-hybridized carbons (Fsp3) is 0.0833. The maximum Gasteiger partial charge on any atom is 0.255 e. The summed E-state index contributed by atoms with van der Waals surface area (Å²) in [6.07, 6.45) is 5.17. The first kappa shape index (κ1) is 19.3. The molecule has 2 aromatic carbocycles. The molecule has 4 aromatic rings. The average Bonchev–Trinajstić information content (AvgIpc) is 2.77. The molecular formula is C24H21N5O. The molecule has 2 N–H and O–H groups in total. The van der Waals surface area contributed by atoms with E-state index in [1.165, 1.54) is 0 Å². The van der Waals surface area contributed by atoms with Gasteiger partial charge in [0.15, 0.2) is 0 Å². The maximum absolute atomic E-state index is 12.5. The van der Waals surface area contributed by atoms with E-state index in [9.17, 15) is 4.79 Å². The topological polar surface area (TPSA) is 79.8 Å². The fourth-order valence-corrected chi connectivity index (χ4v) is 2.97. The van der Waals surface area contributed by atoms with Gasteiger partial charge in [-0.25, -0.2) is 9.97 Å². The van der Waals surface area contributed by atoms with Gasteiger partial charge in [-0.3, -0.25) is 9.78 Å². The average molecular weight is 395 g/mol. The summed E-state index contributed by atoms with van der Waals surface area (Å²) in [5.41, 5.74) is 6.03. The van der Waals surface area contributed by atoms with E-state index < -0.39 is 0 Å². The standard InChI is InChI=1S/C24H21N5O/c1-16-3-6-19(7-4-16)23(30)27-20-8-5-17(2)22(15-20)29-24-26-14-11-21(28-24)18-9-12-25-13-10-18/h3-15H,1-2H3,(H,27,30)(H,26,28,29). The van der Waals surface area contributed by atoms with E-state index in [2.05, 4.69) is 25.6 Å². The molecule has 0 aliphatic carbocycles. The van der Waals surface area contributed by atoms with E-state index >= 15 is 0 Å².